The molecule has 1 fully saturated rings. The molecule has 1 atom stereocenters. The number of nitrogens with two attached hydrogens (primary N) is 1. The summed E-state index contributed by atoms with van der Waals surface area (Å²) in [5.74, 6) is 1.68. The molecule has 0 saturated carbocycles. The fourth-order valence-electron chi connectivity index (χ4n) is 2.76. The first kappa shape index (κ1) is 15.7. The van der Waals surface area contributed by atoms with Crippen LogP contribution in [0.3, 0.4) is 0 Å². The summed E-state index contributed by atoms with van der Waals surface area (Å²) in [4.78, 5) is 22.0. The van der Waals surface area contributed by atoms with E-state index in [9.17, 15) is 4.79 Å². The van der Waals surface area contributed by atoms with Crippen molar-refractivity contribution in [2.45, 2.75) is 32.1 Å². The monoisotopic (exact) mass is 335 g/mol. The quantitative estimate of drug-likeness (QED) is 0.919. The van der Waals surface area contributed by atoms with Crippen LogP contribution in [-0.4, -0.2) is 34.1 Å². The Morgan fingerprint density at radius 3 is 3.04 bits per heavy atom. The van der Waals surface area contributed by atoms with Crippen molar-refractivity contribution < 1.29 is 9.32 Å². The molecule has 1 amide bonds. The van der Waals surface area contributed by atoms with E-state index in [4.69, 9.17) is 21.9 Å². The molecule has 23 heavy (non-hydrogen) atoms. The van der Waals surface area contributed by atoms with E-state index in [1.807, 2.05) is 6.92 Å². The van der Waals surface area contributed by atoms with Crippen LogP contribution >= 0.6 is 11.6 Å². The molecule has 0 aromatic carbocycles. The lowest BCUT2D eigenvalue weighted by atomic mass is 9.97. The molecule has 1 aliphatic rings. The number of hydrogen-bond donors (Lipinski definition) is 1. The highest BCUT2D eigenvalue weighted by molar-refractivity contribution is 6.33. The molecular formula is C15H18ClN5O2. The molecule has 3 rings (SSSR count). The fraction of sp³-hybridized carbons (Fsp3) is 0.467. The minimum Gasteiger partial charge on any atom is -0.366 e. The maximum atomic E-state index is 11.2. The van der Waals surface area contributed by atoms with Crippen LogP contribution in [0.5, 0.6) is 0 Å². The third-order valence-corrected chi connectivity index (χ3v) is 4.26. The minimum atomic E-state index is -0.540. The van der Waals surface area contributed by atoms with Crippen LogP contribution in [0.1, 0.15) is 47.8 Å². The standard InChI is InChI=1S/C15H18ClN5O2/c1-2-12-19-14(20-23-12)9-4-3-5-21(8-9)15-11(16)6-10(7-18-15)13(17)22/h6-7,9H,2-5,8H2,1H3,(H2,17,22)/t9-/m0/s1. The minimum absolute atomic E-state index is 0.182. The molecule has 8 heteroatoms. The number of piperidine rings is 1. The lowest BCUT2D eigenvalue weighted by molar-refractivity contribution is 0.1000. The summed E-state index contributed by atoms with van der Waals surface area (Å²) in [6, 6.07) is 1.55. The number of aromatic nitrogens is 3. The number of halogens is 1. The molecule has 0 spiro atoms. The van der Waals surface area contributed by atoms with Crippen LogP contribution in [0, 0.1) is 0 Å². The van der Waals surface area contributed by atoms with Gasteiger partial charge in [-0.15, -0.1) is 0 Å². The zero-order valence-corrected chi connectivity index (χ0v) is 13.6. The van der Waals surface area contributed by atoms with Gasteiger partial charge in [-0.25, -0.2) is 4.98 Å². The first-order chi connectivity index (χ1) is 11.1. The van der Waals surface area contributed by atoms with E-state index in [0.29, 0.717) is 28.8 Å². The molecule has 7 nitrogen and oxygen atoms in total. The highest BCUT2D eigenvalue weighted by Gasteiger charge is 2.27. The van der Waals surface area contributed by atoms with Gasteiger partial charge < -0.3 is 15.2 Å². The van der Waals surface area contributed by atoms with Crippen molar-refractivity contribution in [3.05, 3.63) is 34.6 Å². The Morgan fingerprint density at radius 1 is 1.57 bits per heavy atom. The Morgan fingerprint density at radius 2 is 2.39 bits per heavy atom. The molecule has 0 unspecified atom stereocenters. The van der Waals surface area contributed by atoms with Crippen LogP contribution in [-0.2, 0) is 6.42 Å². The molecular weight excluding hydrogens is 318 g/mol. The zero-order chi connectivity index (χ0) is 16.4. The van der Waals surface area contributed by atoms with Gasteiger partial charge in [0.25, 0.3) is 0 Å². The molecule has 0 aliphatic carbocycles. The Bertz CT molecular complexity index is 718. The van der Waals surface area contributed by atoms with Crippen molar-refractivity contribution in [3.8, 4) is 0 Å². The highest BCUT2D eigenvalue weighted by atomic mass is 35.5. The van der Waals surface area contributed by atoms with Gasteiger partial charge in [-0.3, -0.25) is 4.79 Å². The molecule has 122 valence electrons. The van der Waals surface area contributed by atoms with Gasteiger partial charge >= 0.3 is 0 Å². The normalized spacial score (nSPS) is 18.2. The van der Waals surface area contributed by atoms with Gasteiger partial charge in [0.2, 0.25) is 11.8 Å². The van der Waals surface area contributed by atoms with Gasteiger partial charge in [-0.1, -0.05) is 23.7 Å². The summed E-state index contributed by atoms with van der Waals surface area (Å²) in [6.45, 7) is 3.54. The van der Waals surface area contributed by atoms with Gasteiger partial charge in [0.05, 0.1) is 10.6 Å². The van der Waals surface area contributed by atoms with Crippen molar-refractivity contribution in [3.63, 3.8) is 0 Å². The third kappa shape index (κ3) is 3.29. The maximum Gasteiger partial charge on any atom is 0.250 e. The lowest BCUT2D eigenvalue weighted by Gasteiger charge is -2.32. The lowest BCUT2D eigenvalue weighted by Crippen LogP contribution is -2.35. The van der Waals surface area contributed by atoms with Crippen LogP contribution in [0.4, 0.5) is 5.82 Å². The summed E-state index contributed by atoms with van der Waals surface area (Å²) < 4.78 is 5.20. The van der Waals surface area contributed by atoms with Crippen molar-refractivity contribution >= 4 is 23.3 Å². The number of amides is 1. The van der Waals surface area contributed by atoms with Gasteiger partial charge in [0.1, 0.15) is 5.82 Å². The number of carbonyl (C=O) groups excluding carboxylic acids is 1. The van der Waals surface area contributed by atoms with Crippen molar-refractivity contribution in [1.29, 1.82) is 0 Å². The van der Waals surface area contributed by atoms with Crippen LogP contribution in [0.25, 0.3) is 0 Å². The first-order valence-electron chi connectivity index (χ1n) is 7.61. The van der Waals surface area contributed by atoms with Gasteiger partial charge in [-0.05, 0) is 18.9 Å². The van der Waals surface area contributed by atoms with Crippen LogP contribution in [0.2, 0.25) is 5.02 Å². The van der Waals surface area contributed by atoms with E-state index in [2.05, 4.69) is 20.0 Å². The second-order valence-corrected chi connectivity index (χ2v) is 5.99. The largest absolute Gasteiger partial charge is 0.366 e. The number of nitrogens with zero attached hydrogens (tertiary/aromatic N) is 4. The Labute approximate surface area is 138 Å². The van der Waals surface area contributed by atoms with Crippen molar-refractivity contribution in [2.24, 2.45) is 5.73 Å². The Balaban J connectivity index is 1.79. The molecule has 2 aromatic rings. The number of rotatable bonds is 4. The van der Waals surface area contributed by atoms with E-state index in [0.717, 1.165) is 31.6 Å². The van der Waals surface area contributed by atoms with Crippen molar-refractivity contribution in [1.82, 2.24) is 15.1 Å². The second-order valence-electron chi connectivity index (χ2n) is 5.58. The molecule has 2 N–H and O–H groups in total. The average Bonchev–Trinajstić information content (AvgIpc) is 3.04. The molecule has 3 heterocycles. The summed E-state index contributed by atoms with van der Waals surface area (Å²) in [5.41, 5.74) is 5.55. The van der Waals surface area contributed by atoms with Gasteiger partial charge in [0, 0.05) is 31.6 Å². The molecule has 2 aromatic heterocycles. The predicted molar refractivity (Wildman–Crippen MR) is 85.6 cm³/mol. The first-order valence-corrected chi connectivity index (χ1v) is 7.99. The maximum absolute atomic E-state index is 11.2. The predicted octanol–water partition coefficient (Wildman–Crippen LogP) is 2.16. The van der Waals surface area contributed by atoms with E-state index < -0.39 is 5.91 Å². The summed E-state index contributed by atoms with van der Waals surface area (Å²) in [6.07, 6.45) is 4.16. The highest BCUT2D eigenvalue weighted by Crippen LogP contribution is 2.31. The fourth-order valence-corrected chi connectivity index (χ4v) is 3.04. The van der Waals surface area contributed by atoms with Crippen LogP contribution < -0.4 is 10.6 Å². The number of aryl methyl sites for hydroxylation is 1. The number of hydrogen-bond acceptors (Lipinski definition) is 6. The van der Waals surface area contributed by atoms with E-state index in [1.54, 1.807) is 6.07 Å². The number of carbonyl (C=O) groups is 1. The number of primary amides is 1. The Kier molecular flexibility index (Phi) is 4.47. The molecule has 0 bridgehead atoms. The summed E-state index contributed by atoms with van der Waals surface area (Å²) >= 11 is 6.27. The number of anilines is 1. The Hall–Kier alpha value is -2.15. The molecule has 1 aliphatic heterocycles. The van der Waals surface area contributed by atoms with E-state index >= 15 is 0 Å². The topological polar surface area (TPSA) is 98.1 Å². The van der Waals surface area contributed by atoms with E-state index in [1.165, 1.54) is 6.20 Å². The zero-order valence-electron chi connectivity index (χ0n) is 12.8. The summed E-state index contributed by atoms with van der Waals surface area (Å²) in [5, 5.41) is 4.49. The van der Waals surface area contributed by atoms with Crippen molar-refractivity contribution in [2.75, 3.05) is 18.0 Å². The third-order valence-electron chi connectivity index (χ3n) is 3.98. The van der Waals surface area contributed by atoms with Crippen LogP contribution in [0.15, 0.2) is 16.8 Å². The smallest absolute Gasteiger partial charge is 0.250 e. The number of pyridine rings is 1. The summed E-state index contributed by atoms with van der Waals surface area (Å²) in [7, 11) is 0. The molecule has 0 radical (unpaired) electrons. The average molecular weight is 336 g/mol. The van der Waals surface area contributed by atoms with Gasteiger partial charge in [0.15, 0.2) is 5.82 Å². The molecule has 1 saturated heterocycles. The van der Waals surface area contributed by atoms with Gasteiger partial charge in [-0.2, -0.15) is 4.98 Å². The SMILES string of the molecule is CCc1nc([C@H]2CCCN(c3ncc(C(N)=O)cc3Cl)C2)no1. The van der Waals surface area contributed by atoms with E-state index in [-0.39, 0.29) is 5.92 Å². The second kappa shape index (κ2) is 6.54.